The van der Waals surface area contributed by atoms with E-state index in [-0.39, 0.29) is 17.2 Å². The molecule has 3 aromatic carbocycles. The van der Waals surface area contributed by atoms with Gasteiger partial charge in [0.1, 0.15) is 6.04 Å². The van der Waals surface area contributed by atoms with Crippen LogP contribution >= 0.6 is 11.6 Å². The van der Waals surface area contributed by atoms with Gasteiger partial charge in [-0.3, -0.25) is 9.69 Å². The fraction of sp³-hybridized carbons (Fsp3) is 0.250. The summed E-state index contributed by atoms with van der Waals surface area (Å²) in [6.07, 6.45) is 4.50. The second-order valence-electron chi connectivity index (χ2n) is 8.76. The Kier molecular flexibility index (Phi) is 8.93. The highest BCUT2D eigenvalue weighted by molar-refractivity contribution is 7.89. The first-order valence-corrected chi connectivity index (χ1v) is 13.8. The van der Waals surface area contributed by atoms with Crippen molar-refractivity contribution in [3.63, 3.8) is 0 Å². The molecule has 36 heavy (non-hydrogen) atoms. The number of benzene rings is 3. The van der Waals surface area contributed by atoms with E-state index in [4.69, 9.17) is 11.6 Å². The predicted octanol–water partition coefficient (Wildman–Crippen LogP) is 4.09. The van der Waals surface area contributed by atoms with Crippen LogP contribution in [0, 0.1) is 0 Å². The van der Waals surface area contributed by atoms with Gasteiger partial charge in [0, 0.05) is 37.7 Å². The van der Waals surface area contributed by atoms with Crippen LogP contribution in [0.4, 0.5) is 0 Å². The van der Waals surface area contributed by atoms with Crippen molar-refractivity contribution in [1.29, 1.82) is 0 Å². The zero-order valence-electron chi connectivity index (χ0n) is 20.0. The molecule has 8 heteroatoms. The highest BCUT2D eigenvalue weighted by atomic mass is 35.5. The monoisotopic (exact) mass is 523 g/mol. The van der Waals surface area contributed by atoms with Crippen LogP contribution in [0.1, 0.15) is 11.1 Å². The van der Waals surface area contributed by atoms with Gasteiger partial charge in [0.2, 0.25) is 15.9 Å². The van der Waals surface area contributed by atoms with Gasteiger partial charge < -0.3 is 4.90 Å². The fourth-order valence-electron chi connectivity index (χ4n) is 4.17. The molecule has 0 aromatic heterocycles. The van der Waals surface area contributed by atoms with E-state index in [1.807, 2.05) is 48.5 Å². The third-order valence-electron chi connectivity index (χ3n) is 6.16. The Balaban J connectivity index is 1.41. The van der Waals surface area contributed by atoms with Gasteiger partial charge in [-0.05, 0) is 41.8 Å². The van der Waals surface area contributed by atoms with Crippen molar-refractivity contribution in [2.75, 3.05) is 32.7 Å². The normalized spacial score (nSPS) is 15.8. The zero-order chi connectivity index (χ0) is 25.4. The second-order valence-corrected chi connectivity index (χ2v) is 10.9. The van der Waals surface area contributed by atoms with Crippen LogP contribution in [0.25, 0.3) is 6.08 Å². The maximum absolute atomic E-state index is 13.5. The molecule has 1 N–H and O–H groups in total. The van der Waals surface area contributed by atoms with E-state index in [0.29, 0.717) is 18.1 Å². The minimum absolute atomic E-state index is 0.0767. The largest absolute Gasteiger partial charge is 0.339 e. The molecule has 1 atom stereocenters. The summed E-state index contributed by atoms with van der Waals surface area (Å²) in [5.74, 6) is -0.212. The Bertz CT molecular complexity index is 1260. The van der Waals surface area contributed by atoms with Crippen molar-refractivity contribution in [1.82, 2.24) is 14.5 Å². The Hall–Kier alpha value is -2.97. The molecule has 4 rings (SSSR count). The van der Waals surface area contributed by atoms with Crippen molar-refractivity contribution in [3.8, 4) is 0 Å². The van der Waals surface area contributed by atoms with E-state index < -0.39 is 16.1 Å². The first-order chi connectivity index (χ1) is 17.4. The number of hydrogen-bond acceptors (Lipinski definition) is 4. The Morgan fingerprint density at radius 2 is 1.50 bits per heavy atom. The van der Waals surface area contributed by atoms with E-state index in [1.165, 1.54) is 24.3 Å². The summed E-state index contributed by atoms with van der Waals surface area (Å²) < 4.78 is 28.8. The smallest absolute Gasteiger partial charge is 0.241 e. The number of rotatable bonds is 9. The molecule has 1 unspecified atom stereocenters. The third kappa shape index (κ3) is 7.27. The lowest BCUT2D eigenvalue weighted by Crippen LogP contribution is -2.55. The van der Waals surface area contributed by atoms with Crippen LogP contribution < -0.4 is 4.72 Å². The van der Waals surface area contributed by atoms with Gasteiger partial charge in [0.15, 0.2) is 0 Å². The summed E-state index contributed by atoms with van der Waals surface area (Å²) in [5.41, 5.74) is 2.04. The van der Waals surface area contributed by atoms with Crippen LogP contribution in [0.3, 0.4) is 0 Å². The number of amides is 1. The maximum atomic E-state index is 13.5. The SMILES string of the molecule is O=C(C(Cc1ccccc1)NS(=O)(=O)c1ccc(Cl)cc1)N1CCN(CC=Cc2ccccc2)CC1. The van der Waals surface area contributed by atoms with E-state index in [9.17, 15) is 13.2 Å². The lowest BCUT2D eigenvalue weighted by Gasteiger charge is -2.36. The summed E-state index contributed by atoms with van der Waals surface area (Å²) in [5, 5.41) is 0.447. The fourth-order valence-corrected chi connectivity index (χ4v) is 5.49. The number of hydrogen-bond donors (Lipinski definition) is 1. The molecule has 1 heterocycles. The predicted molar refractivity (Wildman–Crippen MR) is 144 cm³/mol. The van der Waals surface area contributed by atoms with Crippen LogP contribution in [0.15, 0.2) is 95.9 Å². The van der Waals surface area contributed by atoms with E-state index >= 15 is 0 Å². The first kappa shape index (κ1) is 26.1. The summed E-state index contributed by atoms with van der Waals surface area (Å²) in [6, 6.07) is 24.6. The molecular weight excluding hydrogens is 494 g/mol. The molecule has 1 fully saturated rings. The number of halogens is 1. The van der Waals surface area contributed by atoms with Gasteiger partial charge in [-0.25, -0.2) is 8.42 Å². The average molecular weight is 524 g/mol. The first-order valence-electron chi connectivity index (χ1n) is 12.0. The van der Waals surface area contributed by atoms with E-state index in [1.54, 1.807) is 4.90 Å². The van der Waals surface area contributed by atoms with Crippen LogP contribution in [-0.2, 0) is 21.2 Å². The summed E-state index contributed by atoms with van der Waals surface area (Å²) in [4.78, 5) is 17.6. The highest BCUT2D eigenvalue weighted by Gasteiger charge is 2.31. The molecule has 1 aliphatic heterocycles. The summed E-state index contributed by atoms with van der Waals surface area (Å²) >= 11 is 5.92. The minimum atomic E-state index is -3.90. The van der Waals surface area contributed by atoms with Crippen LogP contribution in [0.5, 0.6) is 0 Å². The molecule has 0 radical (unpaired) electrons. The van der Waals surface area contributed by atoms with Gasteiger partial charge in [-0.1, -0.05) is 84.4 Å². The molecule has 1 aliphatic rings. The van der Waals surface area contributed by atoms with Gasteiger partial charge in [0.25, 0.3) is 0 Å². The van der Waals surface area contributed by atoms with Crippen molar-refractivity contribution in [2.45, 2.75) is 17.4 Å². The molecule has 6 nitrogen and oxygen atoms in total. The van der Waals surface area contributed by atoms with Crippen molar-refractivity contribution < 1.29 is 13.2 Å². The number of nitrogens with zero attached hydrogens (tertiary/aromatic N) is 2. The van der Waals surface area contributed by atoms with Crippen LogP contribution in [0.2, 0.25) is 5.02 Å². The molecule has 188 valence electrons. The van der Waals surface area contributed by atoms with Crippen LogP contribution in [-0.4, -0.2) is 62.9 Å². The quantitative estimate of drug-likeness (QED) is 0.459. The van der Waals surface area contributed by atoms with Gasteiger partial charge >= 0.3 is 0 Å². The lowest BCUT2D eigenvalue weighted by molar-refractivity contribution is -0.134. The standard InChI is InChI=1S/C28H30ClN3O3S/c29-25-13-15-26(16-14-25)36(34,35)30-27(22-24-10-5-2-6-11-24)28(33)32-20-18-31(19-21-32)17-7-12-23-8-3-1-4-9-23/h1-16,27,30H,17-22H2. The van der Waals surface area contributed by atoms with Gasteiger partial charge in [-0.2, -0.15) is 4.72 Å². The number of nitrogens with one attached hydrogen (secondary N) is 1. The van der Waals surface area contributed by atoms with E-state index in [0.717, 1.165) is 30.8 Å². The number of carbonyl (C=O) groups is 1. The molecule has 1 saturated heterocycles. The lowest BCUT2D eigenvalue weighted by atomic mass is 10.1. The molecule has 1 amide bonds. The zero-order valence-corrected chi connectivity index (χ0v) is 21.5. The van der Waals surface area contributed by atoms with Crippen molar-refractivity contribution in [2.24, 2.45) is 0 Å². The number of piperazine rings is 1. The van der Waals surface area contributed by atoms with Gasteiger partial charge in [-0.15, -0.1) is 0 Å². The Labute approximate surface area is 218 Å². The number of carbonyl (C=O) groups excluding carboxylic acids is 1. The molecule has 0 aliphatic carbocycles. The van der Waals surface area contributed by atoms with Gasteiger partial charge in [0.05, 0.1) is 4.90 Å². The number of sulfonamides is 1. The second kappa shape index (κ2) is 12.3. The Morgan fingerprint density at radius 3 is 2.14 bits per heavy atom. The molecular formula is C28H30ClN3O3S. The van der Waals surface area contributed by atoms with Crippen molar-refractivity contribution in [3.05, 3.63) is 107 Å². The average Bonchev–Trinajstić information content (AvgIpc) is 2.90. The molecule has 0 bridgehead atoms. The minimum Gasteiger partial charge on any atom is -0.339 e. The summed E-state index contributed by atoms with van der Waals surface area (Å²) in [7, 11) is -3.90. The maximum Gasteiger partial charge on any atom is 0.241 e. The van der Waals surface area contributed by atoms with E-state index in [2.05, 4.69) is 33.9 Å². The summed E-state index contributed by atoms with van der Waals surface area (Å²) in [6.45, 7) is 3.35. The third-order valence-corrected chi connectivity index (χ3v) is 7.90. The Morgan fingerprint density at radius 1 is 0.889 bits per heavy atom. The van der Waals surface area contributed by atoms with Crippen molar-refractivity contribution >= 4 is 33.6 Å². The highest BCUT2D eigenvalue weighted by Crippen LogP contribution is 2.16. The molecule has 0 spiro atoms. The molecule has 3 aromatic rings. The topological polar surface area (TPSA) is 69.7 Å². The molecule has 0 saturated carbocycles.